The molecule has 1 fully saturated rings. The van der Waals surface area contributed by atoms with Gasteiger partial charge in [0.15, 0.2) is 0 Å². The number of allylic oxidation sites excluding steroid dienone is 6. The Morgan fingerprint density at radius 3 is 1.60 bits per heavy atom. The fourth-order valence-electron chi connectivity index (χ4n) is 3.14. The van der Waals surface area contributed by atoms with Crippen molar-refractivity contribution < 1.29 is 9.31 Å². The first kappa shape index (κ1) is 14.0. The third kappa shape index (κ3) is 3.77. The fourth-order valence-corrected chi connectivity index (χ4v) is 3.14. The van der Waals surface area contributed by atoms with Gasteiger partial charge in [-0.2, -0.15) is 0 Å². The van der Waals surface area contributed by atoms with Crippen LogP contribution in [0.2, 0.25) is 12.6 Å². The Balaban J connectivity index is 1.55. The Bertz CT molecular complexity index is 388. The Kier molecular flexibility index (Phi) is 4.99. The topological polar surface area (TPSA) is 18.5 Å². The molecule has 2 nitrogen and oxygen atoms in total. The molecule has 2 atom stereocenters. The van der Waals surface area contributed by atoms with E-state index < -0.39 is 0 Å². The lowest BCUT2D eigenvalue weighted by Gasteiger charge is -2.35. The normalized spacial score (nSPS) is 29.2. The molecule has 0 aromatic carbocycles. The summed E-state index contributed by atoms with van der Waals surface area (Å²) in [4.78, 5) is 0. The first-order chi connectivity index (χ1) is 9.92. The summed E-state index contributed by atoms with van der Waals surface area (Å²) in [5, 5.41) is 0. The van der Waals surface area contributed by atoms with Gasteiger partial charge in [0.25, 0.3) is 0 Å². The molecule has 0 N–H and O–H groups in total. The van der Waals surface area contributed by atoms with Gasteiger partial charge in [-0.05, 0) is 25.5 Å². The summed E-state index contributed by atoms with van der Waals surface area (Å²) >= 11 is 0. The molecule has 20 heavy (non-hydrogen) atoms. The average molecular weight is 268 g/mol. The quantitative estimate of drug-likeness (QED) is 0.724. The minimum absolute atomic E-state index is 0.232. The number of hydrogen-bond acceptors (Lipinski definition) is 2. The van der Waals surface area contributed by atoms with Crippen LogP contribution in [0.25, 0.3) is 0 Å². The summed E-state index contributed by atoms with van der Waals surface area (Å²) < 4.78 is 12.6. The van der Waals surface area contributed by atoms with Crippen molar-refractivity contribution in [3.8, 4) is 0 Å². The van der Waals surface area contributed by atoms with E-state index in [0.29, 0.717) is 0 Å². The smallest absolute Gasteiger partial charge is 0.323 e. The summed E-state index contributed by atoms with van der Waals surface area (Å²) in [6, 6.07) is 0. The van der Waals surface area contributed by atoms with E-state index in [-0.39, 0.29) is 26.0 Å². The van der Waals surface area contributed by atoms with Crippen LogP contribution in [0.15, 0.2) is 48.4 Å². The monoisotopic (exact) mass is 268 g/mol. The zero-order valence-corrected chi connectivity index (χ0v) is 12.0. The highest BCUT2D eigenvalue weighted by atomic mass is 16.5. The van der Waals surface area contributed by atoms with Gasteiger partial charge >= 0.3 is 13.8 Å². The second-order valence-electron chi connectivity index (χ2n) is 5.81. The van der Waals surface area contributed by atoms with Crippen molar-refractivity contribution in [2.24, 2.45) is 0 Å². The SMILES string of the molecule is C1=CCB(O[C@H]2CCCC[C@@H]2OB2C=CC=CC2)C=C1. The lowest BCUT2D eigenvalue weighted by Crippen LogP contribution is -2.41. The van der Waals surface area contributed by atoms with E-state index in [4.69, 9.17) is 9.31 Å². The van der Waals surface area contributed by atoms with Crippen molar-refractivity contribution in [3.05, 3.63) is 48.4 Å². The molecule has 0 radical (unpaired) electrons. The molecule has 1 saturated carbocycles. The van der Waals surface area contributed by atoms with Gasteiger partial charge in [0, 0.05) is 0 Å². The van der Waals surface area contributed by atoms with Crippen LogP contribution < -0.4 is 0 Å². The van der Waals surface area contributed by atoms with Crippen LogP contribution in [0.1, 0.15) is 25.7 Å². The second kappa shape index (κ2) is 7.14. The highest BCUT2D eigenvalue weighted by molar-refractivity contribution is 6.59. The van der Waals surface area contributed by atoms with Crippen LogP contribution in [0, 0.1) is 0 Å². The van der Waals surface area contributed by atoms with Crippen molar-refractivity contribution in [2.75, 3.05) is 0 Å². The van der Waals surface area contributed by atoms with Crippen molar-refractivity contribution in [3.63, 3.8) is 0 Å². The summed E-state index contributed by atoms with van der Waals surface area (Å²) in [7, 11) is 0. The molecule has 0 saturated heterocycles. The first-order valence-electron chi connectivity index (χ1n) is 7.89. The van der Waals surface area contributed by atoms with Gasteiger partial charge in [0.05, 0.1) is 12.2 Å². The molecule has 0 aromatic heterocycles. The summed E-state index contributed by atoms with van der Waals surface area (Å²) in [6.45, 7) is 0.465. The van der Waals surface area contributed by atoms with Gasteiger partial charge in [-0.3, -0.25) is 0 Å². The van der Waals surface area contributed by atoms with Crippen molar-refractivity contribution in [1.82, 2.24) is 0 Å². The maximum atomic E-state index is 6.28. The lowest BCUT2D eigenvalue weighted by molar-refractivity contribution is 0.0219. The highest BCUT2D eigenvalue weighted by Crippen LogP contribution is 2.27. The zero-order valence-electron chi connectivity index (χ0n) is 12.0. The maximum Gasteiger partial charge on any atom is 0.323 e. The van der Waals surface area contributed by atoms with Crippen LogP contribution in [0.5, 0.6) is 0 Å². The minimum atomic E-state index is 0.232. The molecule has 0 aromatic rings. The van der Waals surface area contributed by atoms with E-state index in [1.807, 2.05) is 0 Å². The number of hydrogen-bond donors (Lipinski definition) is 0. The predicted octanol–water partition coefficient (Wildman–Crippen LogP) is 3.64. The van der Waals surface area contributed by atoms with Crippen molar-refractivity contribution in [2.45, 2.75) is 50.5 Å². The fraction of sp³-hybridized carbons (Fsp3) is 0.500. The largest absolute Gasteiger partial charge is 0.426 e. The van der Waals surface area contributed by atoms with Crippen LogP contribution in [0.4, 0.5) is 0 Å². The summed E-state index contributed by atoms with van der Waals surface area (Å²) in [5.74, 6) is 4.32. The Labute approximate surface area is 122 Å². The average Bonchev–Trinajstić information content (AvgIpc) is 2.51. The van der Waals surface area contributed by atoms with Crippen LogP contribution in [0.3, 0.4) is 0 Å². The molecule has 0 amide bonds. The molecular formula is C16H22B2O2. The second-order valence-corrected chi connectivity index (χ2v) is 5.81. The van der Waals surface area contributed by atoms with Gasteiger partial charge < -0.3 is 9.31 Å². The third-order valence-corrected chi connectivity index (χ3v) is 4.22. The first-order valence-corrected chi connectivity index (χ1v) is 7.89. The molecule has 0 spiro atoms. The Morgan fingerprint density at radius 2 is 1.20 bits per heavy atom. The van der Waals surface area contributed by atoms with E-state index in [2.05, 4.69) is 48.4 Å². The summed E-state index contributed by atoms with van der Waals surface area (Å²) in [5.41, 5.74) is 0. The number of rotatable bonds is 4. The molecule has 2 heterocycles. The van der Waals surface area contributed by atoms with Crippen molar-refractivity contribution in [1.29, 1.82) is 0 Å². The van der Waals surface area contributed by atoms with Crippen LogP contribution >= 0.6 is 0 Å². The third-order valence-electron chi connectivity index (χ3n) is 4.22. The maximum absolute atomic E-state index is 6.28. The van der Waals surface area contributed by atoms with E-state index in [9.17, 15) is 0 Å². The minimum Gasteiger partial charge on any atom is -0.426 e. The predicted molar refractivity (Wildman–Crippen MR) is 85.9 cm³/mol. The zero-order chi connectivity index (χ0) is 13.6. The molecule has 3 aliphatic rings. The van der Waals surface area contributed by atoms with E-state index >= 15 is 0 Å². The van der Waals surface area contributed by atoms with E-state index in [0.717, 1.165) is 25.5 Å². The molecule has 1 aliphatic carbocycles. The van der Waals surface area contributed by atoms with Gasteiger partial charge in [-0.25, -0.2) is 0 Å². The molecule has 3 rings (SSSR count). The van der Waals surface area contributed by atoms with Crippen LogP contribution in [-0.4, -0.2) is 26.0 Å². The lowest BCUT2D eigenvalue weighted by atomic mass is 9.61. The van der Waals surface area contributed by atoms with Gasteiger partial charge in [-0.15, -0.1) is 0 Å². The Hall–Kier alpha value is -0.990. The van der Waals surface area contributed by atoms with Gasteiger partial charge in [-0.1, -0.05) is 61.2 Å². The molecule has 4 heteroatoms. The molecule has 0 bridgehead atoms. The van der Waals surface area contributed by atoms with E-state index in [1.54, 1.807) is 0 Å². The van der Waals surface area contributed by atoms with Crippen molar-refractivity contribution >= 4 is 13.8 Å². The van der Waals surface area contributed by atoms with Gasteiger partial charge in [0.2, 0.25) is 0 Å². The molecular weight excluding hydrogens is 246 g/mol. The standard InChI is InChI=1S/C16H22B2O2/c1-5-11-17(12-6-1)19-15-9-3-4-10-16(15)20-18-13-7-2-8-14-18/h1-2,5-8,11,13,15-16H,3-4,9-10,12,14H2/t15-,16-/m0/s1. The van der Waals surface area contributed by atoms with Gasteiger partial charge in [0.1, 0.15) is 0 Å². The summed E-state index contributed by atoms with van der Waals surface area (Å²) in [6.07, 6.45) is 20.0. The molecule has 104 valence electrons. The molecule has 0 unspecified atom stereocenters. The highest BCUT2D eigenvalue weighted by Gasteiger charge is 2.31. The van der Waals surface area contributed by atoms with Crippen LogP contribution in [-0.2, 0) is 9.31 Å². The van der Waals surface area contributed by atoms with E-state index in [1.165, 1.54) is 12.8 Å². The molecule has 2 aliphatic heterocycles. The Morgan fingerprint density at radius 1 is 0.700 bits per heavy atom.